The fourth-order valence-electron chi connectivity index (χ4n) is 4.14. The maximum absolute atomic E-state index is 12.2. The normalized spacial score (nSPS) is 15.3. The predicted octanol–water partition coefficient (Wildman–Crippen LogP) is 6.11. The molecule has 1 N–H and O–H groups in total. The van der Waals surface area contributed by atoms with Gasteiger partial charge in [0.15, 0.2) is 0 Å². The van der Waals surface area contributed by atoms with Crippen LogP contribution in [0.3, 0.4) is 0 Å². The fourth-order valence-corrected chi connectivity index (χ4v) is 4.14. The van der Waals surface area contributed by atoms with Crippen LogP contribution in [0.2, 0.25) is 0 Å². The number of rotatable bonds is 6. The highest BCUT2D eigenvalue weighted by Crippen LogP contribution is 2.36. The molecule has 0 saturated carbocycles. The SMILES string of the molecule is Cc1ccc(C(=O)N/N=C\c2ccc(N3N=C(c4ccccc4)CC3c3ccccc3)cc2)cc1. The minimum atomic E-state index is -0.233. The van der Waals surface area contributed by atoms with E-state index in [4.69, 9.17) is 5.10 Å². The van der Waals surface area contributed by atoms with Crippen molar-refractivity contribution in [3.8, 4) is 0 Å². The largest absolute Gasteiger partial charge is 0.271 e. The highest BCUT2D eigenvalue weighted by Gasteiger charge is 2.29. The highest BCUT2D eigenvalue weighted by molar-refractivity contribution is 6.03. The number of carbonyl (C=O) groups excluding carboxylic acids is 1. The average Bonchev–Trinajstić information content (AvgIpc) is 3.36. The lowest BCUT2D eigenvalue weighted by molar-refractivity contribution is 0.0955. The first-order valence-corrected chi connectivity index (χ1v) is 11.6. The zero-order valence-corrected chi connectivity index (χ0v) is 19.5. The Morgan fingerprint density at radius 1 is 0.886 bits per heavy atom. The molecule has 0 saturated heterocycles. The van der Waals surface area contributed by atoms with E-state index in [2.05, 4.69) is 51.9 Å². The molecule has 35 heavy (non-hydrogen) atoms. The summed E-state index contributed by atoms with van der Waals surface area (Å²) in [6.45, 7) is 1.99. The molecule has 4 aromatic rings. The van der Waals surface area contributed by atoms with E-state index < -0.39 is 0 Å². The second-order valence-electron chi connectivity index (χ2n) is 8.54. The minimum Gasteiger partial charge on any atom is -0.267 e. The number of nitrogens with one attached hydrogen (secondary N) is 1. The van der Waals surface area contributed by atoms with Gasteiger partial charge in [0, 0.05) is 12.0 Å². The summed E-state index contributed by atoms with van der Waals surface area (Å²) in [6, 6.07) is 36.4. The molecule has 1 unspecified atom stereocenters. The Morgan fingerprint density at radius 3 is 2.23 bits per heavy atom. The molecule has 4 aromatic carbocycles. The van der Waals surface area contributed by atoms with Gasteiger partial charge < -0.3 is 0 Å². The summed E-state index contributed by atoms with van der Waals surface area (Å²) in [5.41, 5.74) is 9.62. The molecular formula is C30H26N4O. The number of nitrogens with zero attached hydrogens (tertiary/aromatic N) is 3. The Morgan fingerprint density at radius 2 is 1.54 bits per heavy atom. The van der Waals surface area contributed by atoms with E-state index in [0.717, 1.165) is 34.5 Å². The van der Waals surface area contributed by atoms with E-state index in [1.54, 1.807) is 18.3 Å². The predicted molar refractivity (Wildman–Crippen MR) is 142 cm³/mol. The maximum atomic E-state index is 12.2. The maximum Gasteiger partial charge on any atom is 0.271 e. The van der Waals surface area contributed by atoms with E-state index in [9.17, 15) is 4.79 Å². The summed E-state index contributed by atoms with van der Waals surface area (Å²) in [4.78, 5) is 12.2. The first-order valence-electron chi connectivity index (χ1n) is 11.6. The zero-order valence-electron chi connectivity index (χ0n) is 19.5. The molecule has 1 aliphatic heterocycles. The van der Waals surface area contributed by atoms with Crippen LogP contribution >= 0.6 is 0 Å². The summed E-state index contributed by atoms with van der Waals surface area (Å²) in [5.74, 6) is -0.233. The van der Waals surface area contributed by atoms with Gasteiger partial charge in [-0.15, -0.1) is 0 Å². The van der Waals surface area contributed by atoms with Crippen LogP contribution in [0.4, 0.5) is 5.69 Å². The third-order valence-corrected chi connectivity index (χ3v) is 6.05. The van der Waals surface area contributed by atoms with Gasteiger partial charge >= 0.3 is 0 Å². The number of benzene rings is 4. The van der Waals surface area contributed by atoms with Crippen LogP contribution in [-0.2, 0) is 0 Å². The van der Waals surface area contributed by atoms with Gasteiger partial charge in [0.25, 0.3) is 5.91 Å². The Hall–Kier alpha value is -4.51. The van der Waals surface area contributed by atoms with Crippen LogP contribution in [0.15, 0.2) is 119 Å². The lowest BCUT2D eigenvalue weighted by Gasteiger charge is -2.24. The van der Waals surface area contributed by atoms with Crippen LogP contribution in [0.5, 0.6) is 0 Å². The molecule has 1 heterocycles. The number of aryl methyl sites for hydroxylation is 1. The molecular weight excluding hydrogens is 432 g/mol. The number of anilines is 1. The molecule has 0 aromatic heterocycles. The van der Waals surface area contributed by atoms with Crippen molar-refractivity contribution in [3.05, 3.63) is 137 Å². The molecule has 0 bridgehead atoms. The van der Waals surface area contributed by atoms with E-state index in [-0.39, 0.29) is 11.9 Å². The quantitative estimate of drug-likeness (QED) is 0.280. The Kier molecular flexibility index (Phi) is 6.48. The molecule has 5 heteroatoms. The lowest BCUT2D eigenvalue weighted by Crippen LogP contribution is -2.18. The summed E-state index contributed by atoms with van der Waals surface area (Å²) in [7, 11) is 0. The van der Waals surface area contributed by atoms with Gasteiger partial charge in [0.05, 0.1) is 23.7 Å². The summed E-state index contributed by atoms with van der Waals surface area (Å²) in [5, 5.41) is 11.2. The van der Waals surface area contributed by atoms with Gasteiger partial charge in [-0.3, -0.25) is 9.80 Å². The van der Waals surface area contributed by atoms with Gasteiger partial charge in [-0.2, -0.15) is 10.2 Å². The molecule has 0 aliphatic carbocycles. The molecule has 0 fully saturated rings. The molecule has 0 radical (unpaired) electrons. The second-order valence-corrected chi connectivity index (χ2v) is 8.54. The van der Waals surface area contributed by atoms with E-state index in [1.165, 1.54) is 5.56 Å². The Labute approximate surface area is 205 Å². The van der Waals surface area contributed by atoms with Crippen molar-refractivity contribution in [2.45, 2.75) is 19.4 Å². The molecule has 0 spiro atoms. The van der Waals surface area contributed by atoms with E-state index >= 15 is 0 Å². The third kappa shape index (κ3) is 5.20. The van der Waals surface area contributed by atoms with Gasteiger partial charge in [0.1, 0.15) is 0 Å². The van der Waals surface area contributed by atoms with Crippen LogP contribution in [-0.4, -0.2) is 17.8 Å². The summed E-state index contributed by atoms with van der Waals surface area (Å²) in [6.07, 6.45) is 2.48. The van der Waals surface area contributed by atoms with Crippen LogP contribution in [0, 0.1) is 6.92 Å². The van der Waals surface area contributed by atoms with Crippen molar-refractivity contribution in [1.29, 1.82) is 0 Å². The van der Waals surface area contributed by atoms with Crippen molar-refractivity contribution in [2.24, 2.45) is 10.2 Å². The number of hydrazone groups is 2. The zero-order chi connectivity index (χ0) is 24.0. The van der Waals surface area contributed by atoms with Crippen molar-refractivity contribution in [1.82, 2.24) is 5.43 Å². The minimum absolute atomic E-state index is 0.125. The molecule has 1 amide bonds. The average molecular weight is 459 g/mol. The topological polar surface area (TPSA) is 57.1 Å². The summed E-state index contributed by atoms with van der Waals surface area (Å²) < 4.78 is 0. The lowest BCUT2D eigenvalue weighted by atomic mass is 9.98. The van der Waals surface area contributed by atoms with Gasteiger partial charge in [-0.1, -0.05) is 90.5 Å². The van der Waals surface area contributed by atoms with Gasteiger partial charge in [0.2, 0.25) is 0 Å². The van der Waals surface area contributed by atoms with Crippen molar-refractivity contribution in [2.75, 3.05) is 5.01 Å². The van der Waals surface area contributed by atoms with Gasteiger partial charge in [-0.25, -0.2) is 5.43 Å². The molecule has 5 nitrogen and oxygen atoms in total. The van der Waals surface area contributed by atoms with E-state index in [1.807, 2.05) is 67.6 Å². The fraction of sp³-hybridized carbons (Fsp3) is 0.100. The monoisotopic (exact) mass is 458 g/mol. The van der Waals surface area contributed by atoms with Crippen molar-refractivity contribution >= 4 is 23.5 Å². The van der Waals surface area contributed by atoms with E-state index in [0.29, 0.717) is 5.56 Å². The van der Waals surface area contributed by atoms with Crippen molar-refractivity contribution in [3.63, 3.8) is 0 Å². The van der Waals surface area contributed by atoms with Crippen LogP contribution in [0.1, 0.15) is 45.1 Å². The number of hydrogen-bond donors (Lipinski definition) is 1. The van der Waals surface area contributed by atoms with Crippen molar-refractivity contribution < 1.29 is 4.79 Å². The van der Waals surface area contributed by atoms with Gasteiger partial charge in [-0.05, 0) is 47.9 Å². The molecule has 5 rings (SSSR count). The molecule has 1 atom stereocenters. The number of amides is 1. The molecule has 1 aliphatic rings. The molecule has 172 valence electrons. The number of carbonyl (C=O) groups is 1. The summed E-state index contributed by atoms with van der Waals surface area (Å²) >= 11 is 0. The standard InChI is InChI=1S/C30H26N4O/c1-22-12-16-26(17-13-22)30(35)32-31-21-23-14-18-27(19-15-23)34-29(25-10-6-3-7-11-25)20-28(33-34)24-8-4-2-5-9-24/h2-19,21,29H,20H2,1H3,(H,32,35)/b31-21-. The Bertz CT molecular complexity index is 1350. The first kappa shape index (κ1) is 22.3. The highest BCUT2D eigenvalue weighted by atomic mass is 16.2. The third-order valence-electron chi connectivity index (χ3n) is 6.05. The Balaban J connectivity index is 1.33. The van der Waals surface area contributed by atoms with Crippen LogP contribution in [0.25, 0.3) is 0 Å². The smallest absolute Gasteiger partial charge is 0.267 e. The first-order chi connectivity index (χ1) is 17.2. The number of hydrogen-bond acceptors (Lipinski definition) is 4. The van der Waals surface area contributed by atoms with Crippen LogP contribution < -0.4 is 10.4 Å². The second kappa shape index (κ2) is 10.2.